The van der Waals surface area contributed by atoms with Crippen molar-refractivity contribution in [2.24, 2.45) is 0 Å². The zero-order chi connectivity index (χ0) is 22.0. The smallest absolute Gasteiger partial charge is 0.286 e. The summed E-state index contributed by atoms with van der Waals surface area (Å²) in [7, 11) is -3.65. The lowest BCUT2D eigenvalue weighted by atomic mass is 10.0. The van der Waals surface area contributed by atoms with Crippen LogP contribution in [0.1, 0.15) is 33.6 Å². The minimum Gasteiger partial charge on any atom is -0.320 e. The molecule has 0 saturated carbocycles. The fourth-order valence-corrected chi connectivity index (χ4v) is 5.84. The number of nitrogens with one attached hydrogen (secondary N) is 1. The van der Waals surface area contributed by atoms with Gasteiger partial charge in [0.05, 0.1) is 4.90 Å². The van der Waals surface area contributed by atoms with Crippen LogP contribution in [0.25, 0.3) is 0 Å². The largest absolute Gasteiger partial charge is 0.320 e. The maximum absolute atomic E-state index is 13.0. The van der Waals surface area contributed by atoms with E-state index in [-0.39, 0.29) is 22.4 Å². The molecule has 1 aliphatic rings. The highest BCUT2D eigenvalue weighted by Crippen LogP contribution is 2.32. The summed E-state index contributed by atoms with van der Waals surface area (Å²) < 4.78 is 40.4. The van der Waals surface area contributed by atoms with Crippen molar-refractivity contribution in [3.63, 3.8) is 0 Å². The number of hydrogen-bond donors (Lipinski definition) is 1. The Balaban J connectivity index is 1.46. The maximum atomic E-state index is 13.0. The molecule has 162 valence electrons. The van der Waals surface area contributed by atoms with Gasteiger partial charge < -0.3 is 5.32 Å². The highest BCUT2D eigenvalue weighted by molar-refractivity contribution is 7.89. The van der Waals surface area contributed by atoms with Gasteiger partial charge in [0.2, 0.25) is 15.0 Å². The molecule has 4 rings (SSSR count). The van der Waals surface area contributed by atoms with Crippen LogP contribution in [-0.4, -0.2) is 41.9 Å². The zero-order valence-electron chi connectivity index (χ0n) is 16.2. The second-order valence-electron chi connectivity index (χ2n) is 7.06. The monoisotopic (exact) mass is 480 g/mol. The van der Waals surface area contributed by atoms with E-state index < -0.39 is 21.7 Å². The predicted molar refractivity (Wildman–Crippen MR) is 116 cm³/mol. The van der Waals surface area contributed by atoms with E-state index in [2.05, 4.69) is 15.5 Å². The van der Waals surface area contributed by atoms with Crippen molar-refractivity contribution in [1.82, 2.24) is 14.5 Å². The lowest BCUT2D eigenvalue weighted by Gasteiger charge is -2.30. The number of benzene rings is 2. The lowest BCUT2D eigenvalue weighted by Crippen LogP contribution is -2.39. The third-order valence-corrected chi connectivity index (χ3v) is 8.14. The number of amides is 1. The van der Waals surface area contributed by atoms with Gasteiger partial charge in [0.15, 0.2) is 0 Å². The minimum atomic E-state index is -3.65. The fraction of sp³-hybridized carbons (Fsp3) is 0.250. The van der Waals surface area contributed by atoms with Crippen molar-refractivity contribution in [2.75, 3.05) is 18.4 Å². The zero-order valence-corrected chi connectivity index (χ0v) is 18.6. The van der Waals surface area contributed by atoms with Gasteiger partial charge in [-0.2, -0.15) is 4.31 Å². The van der Waals surface area contributed by atoms with E-state index in [1.165, 1.54) is 40.7 Å². The predicted octanol–water partition coefficient (Wildman–Crippen LogP) is 4.15. The van der Waals surface area contributed by atoms with E-state index >= 15 is 0 Å². The molecule has 7 nitrogen and oxygen atoms in total. The summed E-state index contributed by atoms with van der Waals surface area (Å²) in [6.45, 7) is 0.678. The van der Waals surface area contributed by atoms with Crippen LogP contribution in [0, 0.1) is 5.82 Å². The van der Waals surface area contributed by atoms with Gasteiger partial charge in [-0.15, -0.1) is 10.2 Å². The Morgan fingerprint density at radius 3 is 2.55 bits per heavy atom. The standard InChI is InChI=1S/C20H18ClFN4O3S2/c21-14-3-9-17(10-4-14)31(28,29)26-11-1-2-13(12-26)19-24-25-20(30-19)18(27)23-16-7-5-15(22)6-8-16/h3-10,13H,1-2,11-12H2,(H,23,27). The molecule has 1 N–H and O–H groups in total. The van der Waals surface area contributed by atoms with Crippen molar-refractivity contribution in [3.8, 4) is 0 Å². The first-order valence-electron chi connectivity index (χ1n) is 9.49. The van der Waals surface area contributed by atoms with Crippen molar-refractivity contribution in [3.05, 3.63) is 69.4 Å². The molecule has 1 amide bonds. The number of aromatic nitrogens is 2. The van der Waals surface area contributed by atoms with Crippen LogP contribution < -0.4 is 5.32 Å². The molecular weight excluding hydrogens is 463 g/mol. The Hall–Kier alpha value is -2.40. The molecule has 2 heterocycles. The fourth-order valence-electron chi connectivity index (χ4n) is 3.33. The topological polar surface area (TPSA) is 92.3 Å². The summed E-state index contributed by atoms with van der Waals surface area (Å²) in [4.78, 5) is 12.6. The summed E-state index contributed by atoms with van der Waals surface area (Å²) in [6, 6.07) is 11.5. The number of rotatable bonds is 5. The highest BCUT2D eigenvalue weighted by Gasteiger charge is 2.32. The SMILES string of the molecule is O=C(Nc1ccc(F)cc1)c1nnc(C2CCCN(S(=O)(=O)c3ccc(Cl)cc3)C2)s1. The highest BCUT2D eigenvalue weighted by atomic mass is 35.5. The van der Waals surface area contributed by atoms with E-state index in [0.29, 0.717) is 28.7 Å². The van der Waals surface area contributed by atoms with Gasteiger partial charge in [-0.3, -0.25) is 4.79 Å². The first kappa shape index (κ1) is 21.8. The number of piperidine rings is 1. The molecule has 1 fully saturated rings. The molecule has 31 heavy (non-hydrogen) atoms. The van der Waals surface area contributed by atoms with Gasteiger partial charge in [0.1, 0.15) is 10.8 Å². The van der Waals surface area contributed by atoms with Crippen molar-refractivity contribution in [2.45, 2.75) is 23.7 Å². The summed E-state index contributed by atoms with van der Waals surface area (Å²) in [5.74, 6) is -0.996. The van der Waals surface area contributed by atoms with Crippen LogP contribution in [0.3, 0.4) is 0 Å². The second-order valence-corrected chi connectivity index (χ2v) is 10.4. The molecule has 0 bridgehead atoms. The number of carbonyl (C=O) groups excluding carboxylic acids is 1. The average molecular weight is 481 g/mol. The molecule has 3 aromatic rings. The van der Waals surface area contributed by atoms with Crippen molar-refractivity contribution >= 4 is 44.6 Å². The van der Waals surface area contributed by atoms with Gasteiger partial charge in [0.25, 0.3) is 5.91 Å². The van der Waals surface area contributed by atoms with Crippen LogP contribution in [0.2, 0.25) is 5.02 Å². The summed E-state index contributed by atoms with van der Waals surface area (Å²) in [6.07, 6.45) is 1.43. The number of nitrogens with zero attached hydrogens (tertiary/aromatic N) is 3. The van der Waals surface area contributed by atoms with E-state index in [4.69, 9.17) is 11.6 Å². The average Bonchev–Trinajstić information content (AvgIpc) is 3.26. The molecule has 0 spiro atoms. The Morgan fingerprint density at radius 2 is 1.84 bits per heavy atom. The normalized spacial score (nSPS) is 17.4. The summed E-state index contributed by atoms with van der Waals surface area (Å²) >= 11 is 7.00. The van der Waals surface area contributed by atoms with Crippen LogP contribution in [0.4, 0.5) is 10.1 Å². The molecule has 1 aliphatic heterocycles. The number of anilines is 1. The van der Waals surface area contributed by atoms with Crippen LogP contribution in [0.15, 0.2) is 53.4 Å². The van der Waals surface area contributed by atoms with E-state index in [1.807, 2.05) is 0 Å². The van der Waals surface area contributed by atoms with Crippen LogP contribution >= 0.6 is 22.9 Å². The Bertz CT molecular complexity index is 1180. The Kier molecular flexibility index (Phi) is 6.33. The number of hydrogen-bond acceptors (Lipinski definition) is 6. The summed E-state index contributed by atoms with van der Waals surface area (Å²) in [5, 5.41) is 12.0. The molecule has 1 aromatic heterocycles. The number of carbonyl (C=O) groups is 1. The van der Waals surface area contributed by atoms with E-state index in [1.54, 1.807) is 12.1 Å². The second kappa shape index (κ2) is 8.99. The molecule has 11 heteroatoms. The van der Waals surface area contributed by atoms with Crippen LogP contribution in [0.5, 0.6) is 0 Å². The Labute approximate surface area is 187 Å². The number of sulfonamides is 1. The van der Waals surface area contributed by atoms with Crippen molar-refractivity contribution in [1.29, 1.82) is 0 Å². The third-order valence-electron chi connectivity index (χ3n) is 4.92. The van der Waals surface area contributed by atoms with Gasteiger partial charge in [-0.25, -0.2) is 12.8 Å². The summed E-state index contributed by atoms with van der Waals surface area (Å²) in [5.41, 5.74) is 0.445. The lowest BCUT2D eigenvalue weighted by molar-refractivity contribution is 0.102. The van der Waals surface area contributed by atoms with Gasteiger partial charge in [-0.1, -0.05) is 22.9 Å². The molecule has 1 unspecified atom stereocenters. The van der Waals surface area contributed by atoms with Gasteiger partial charge >= 0.3 is 0 Å². The first-order chi connectivity index (χ1) is 14.8. The van der Waals surface area contributed by atoms with Crippen molar-refractivity contribution < 1.29 is 17.6 Å². The maximum Gasteiger partial charge on any atom is 0.286 e. The van der Waals surface area contributed by atoms with E-state index in [9.17, 15) is 17.6 Å². The van der Waals surface area contributed by atoms with Gasteiger partial charge in [0, 0.05) is 29.7 Å². The number of halogens is 2. The first-order valence-corrected chi connectivity index (χ1v) is 12.1. The quantitative estimate of drug-likeness (QED) is 0.592. The molecular formula is C20H18ClFN4O3S2. The molecule has 0 aliphatic carbocycles. The molecule has 0 radical (unpaired) electrons. The van der Waals surface area contributed by atoms with E-state index in [0.717, 1.165) is 17.8 Å². The minimum absolute atomic E-state index is 0.152. The Morgan fingerprint density at radius 1 is 1.13 bits per heavy atom. The molecule has 1 atom stereocenters. The van der Waals surface area contributed by atoms with Crippen LogP contribution in [-0.2, 0) is 10.0 Å². The molecule has 1 saturated heterocycles. The third kappa shape index (κ3) is 4.93. The van der Waals surface area contributed by atoms with Gasteiger partial charge in [-0.05, 0) is 61.4 Å². The molecule has 2 aromatic carbocycles.